The molecule has 0 radical (unpaired) electrons. The Morgan fingerprint density at radius 1 is 1.06 bits per heavy atom. The van der Waals surface area contributed by atoms with Crippen molar-refractivity contribution in [2.45, 2.75) is 25.3 Å². The fourth-order valence-corrected chi connectivity index (χ4v) is 4.24. The number of nitrogens with one attached hydrogen (secondary N) is 1. The Balaban J connectivity index is 1.58. The first-order chi connectivity index (χ1) is 17.1. The smallest absolute Gasteiger partial charge is 0.203 e. The van der Waals surface area contributed by atoms with Crippen molar-refractivity contribution in [2.75, 3.05) is 59.5 Å². The summed E-state index contributed by atoms with van der Waals surface area (Å²) in [7, 11) is 4.75. The van der Waals surface area contributed by atoms with Crippen LogP contribution in [0.2, 0.25) is 0 Å². The molecule has 0 aliphatic carbocycles. The maximum atomic E-state index is 9.91. The van der Waals surface area contributed by atoms with Gasteiger partial charge in [-0.1, -0.05) is 0 Å². The largest absolute Gasteiger partial charge is 0.493 e. The van der Waals surface area contributed by atoms with Crippen molar-refractivity contribution >= 4 is 17.0 Å². The van der Waals surface area contributed by atoms with Crippen molar-refractivity contribution in [1.29, 1.82) is 0 Å². The van der Waals surface area contributed by atoms with E-state index >= 15 is 0 Å². The highest BCUT2D eigenvalue weighted by molar-refractivity contribution is 5.82. The lowest BCUT2D eigenvalue weighted by Crippen LogP contribution is -2.46. The van der Waals surface area contributed by atoms with Gasteiger partial charge in [-0.3, -0.25) is 9.47 Å². The summed E-state index contributed by atoms with van der Waals surface area (Å²) in [5.74, 6) is 2.32. The molecule has 35 heavy (non-hydrogen) atoms. The summed E-state index contributed by atoms with van der Waals surface area (Å²) in [5.41, 5.74) is 2.23. The van der Waals surface area contributed by atoms with Crippen LogP contribution in [0, 0.1) is 0 Å². The Labute approximate surface area is 203 Å². The zero-order valence-corrected chi connectivity index (χ0v) is 20.2. The molecule has 0 amide bonds. The van der Waals surface area contributed by atoms with E-state index in [2.05, 4.69) is 25.2 Å². The van der Waals surface area contributed by atoms with Crippen LogP contribution in [0.25, 0.3) is 11.2 Å². The number of aliphatic hydroxyl groups excluding tert-OH is 2. The molecule has 0 bridgehead atoms. The molecular formula is C23H32N6O6. The summed E-state index contributed by atoms with van der Waals surface area (Å²) in [5, 5.41) is 22.1. The second kappa shape index (κ2) is 11.5. The quantitative estimate of drug-likeness (QED) is 0.334. The van der Waals surface area contributed by atoms with Gasteiger partial charge in [0.1, 0.15) is 12.6 Å². The number of methoxy groups -OCH3 is 3. The van der Waals surface area contributed by atoms with Crippen molar-refractivity contribution in [3.05, 3.63) is 30.4 Å². The van der Waals surface area contributed by atoms with Crippen molar-refractivity contribution in [2.24, 2.45) is 0 Å². The average molecular weight is 489 g/mol. The third kappa shape index (κ3) is 5.40. The summed E-state index contributed by atoms with van der Waals surface area (Å²) < 4.78 is 24.4. The molecule has 12 heteroatoms. The van der Waals surface area contributed by atoms with Crippen LogP contribution >= 0.6 is 0 Å². The van der Waals surface area contributed by atoms with E-state index in [-0.39, 0.29) is 19.3 Å². The van der Waals surface area contributed by atoms with Crippen LogP contribution in [0.5, 0.6) is 17.2 Å². The molecule has 3 N–H and O–H groups in total. The fourth-order valence-electron chi connectivity index (χ4n) is 4.24. The predicted octanol–water partition coefficient (Wildman–Crippen LogP) is 1.04. The number of morpholine rings is 1. The summed E-state index contributed by atoms with van der Waals surface area (Å²) >= 11 is 0. The molecular weight excluding hydrogens is 456 g/mol. The Hall–Kier alpha value is -3.19. The average Bonchev–Trinajstić information content (AvgIpc) is 3.33. The highest BCUT2D eigenvalue weighted by atomic mass is 16.5. The van der Waals surface area contributed by atoms with Gasteiger partial charge < -0.3 is 34.5 Å². The van der Waals surface area contributed by atoms with Crippen molar-refractivity contribution in [3.8, 4) is 17.2 Å². The Morgan fingerprint density at radius 2 is 1.83 bits per heavy atom. The number of hydrogen-bond donors (Lipinski definition) is 3. The van der Waals surface area contributed by atoms with Crippen molar-refractivity contribution in [3.63, 3.8) is 0 Å². The van der Waals surface area contributed by atoms with E-state index < -0.39 is 6.23 Å². The summed E-state index contributed by atoms with van der Waals surface area (Å²) in [4.78, 5) is 15.4. The van der Waals surface area contributed by atoms with Crippen LogP contribution in [0.4, 0.5) is 5.82 Å². The van der Waals surface area contributed by atoms with E-state index in [1.165, 1.54) is 6.33 Å². The minimum atomic E-state index is -0.409. The van der Waals surface area contributed by atoms with Crippen molar-refractivity contribution in [1.82, 2.24) is 24.4 Å². The number of aromatic nitrogens is 4. The molecule has 1 saturated heterocycles. The van der Waals surface area contributed by atoms with E-state index in [1.54, 1.807) is 27.7 Å². The summed E-state index contributed by atoms with van der Waals surface area (Å²) in [6.45, 7) is 2.25. The summed E-state index contributed by atoms with van der Waals surface area (Å²) in [6.07, 6.45) is 2.97. The van der Waals surface area contributed by atoms with Gasteiger partial charge in [0, 0.05) is 32.8 Å². The number of hydrogen-bond acceptors (Lipinski definition) is 11. The van der Waals surface area contributed by atoms with E-state index in [1.807, 2.05) is 16.7 Å². The van der Waals surface area contributed by atoms with Crippen LogP contribution in [-0.2, 0) is 11.3 Å². The zero-order chi connectivity index (χ0) is 24.8. The van der Waals surface area contributed by atoms with E-state index in [0.717, 1.165) is 5.56 Å². The van der Waals surface area contributed by atoms with Gasteiger partial charge in [0.2, 0.25) is 5.75 Å². The third-order valence-corrected chi connectivity index (χ3v) is 5.86. The predicted molar refractivity (Wildman–Crippen MR) is 128 cm³/mol. The molecule has 3 heterocycles. The first-order valence-electron chi connectivity index (χ1n) is 11.4. The van der Waals surface area contributed by atoms with E-state index in [4.69, 9.17) is 24.1 Å². The number of fused-ring (bicyclic) bond motifs is 1. The van der Waals surface area contributed by atoms with Gasteiger partial charge in [-0.15, -0.1) is 0 Å². The Kier molecular flexibility index (Phi) is 8.18. The second-order valence-corrected chi connectivity index (χ2v) is 8.17. The lowest BCUT2D eigenvalue weighted by Gasteiger charge is -2.38. The van der Waals surface area contributed by atoms with Crippen LogP contribution in [-0.4, -0.2) is 94.9 Å². The minimum absolute atomic E-state index is 0.0932. The van der Waals surface area contributed by atoms with Crippen LogP contribution in [0.3, 0.4) is 0 Å². The minimum Gasteiger partial charge on any atom is -0.493 e. The number of nitrogens with zero attached hydrogens (tertiary/aromatic N) is 5. The maximum Gasteiger partial charge on any atom is 0.203 e. The molecule has 0 saturated carbocycles. The molecule has 1 aromatic carbocycles. The van der Waals surface area contributed by atoms with Gasteiger partial charge in [0.05, 0.1) is 40.4 Å². The molecule has 3 aromatic rings. The van der Waals surface area contributed by atoms with E-state index in [0.29, 0.717) is 66.8 Å². The number of rotatable bonds is 11. The molecule has 190 valence electrons. The lowest BCUT2D eigenvalue weighted by atomic mass is 10.1. The fraction of sp³-hybridized carbons (Fsp3) is 0.522. The highest BCUT2D eigenvalue weighted by Gasteiger charge is 2.30. The van der Waals surface area contributed by atoms with Gasteiger partial charge in [0.25, 0.3) is 0 Å². The first-order valence-corrected chi connectivity index (χ1v) is 11.4. The van der Waals surface area contributed by atoms with Gasteiger partial charge in [-0.05, 0) is 24.1 Å². The van der Waals surface area contributed by atoms with E-state index in [9.17, 15) is 5.11 Å². The summed E-state index contributed by atoms with van der Waals surface area (Å²) in [6, 6.07) is 3.84. The topological polar surface area (TPSA) is 136 Å². The molecule has 2 aromatic heterocycles. The number of imidazole rings is 1. The lowest BCUT2D eigenvalue weighted by molar-refractivity contribution is -0.135. The number of anilines is 1. The number of ether oxygens (including phenoxy) is 4. The molecule has 1 aliphatic rings. The molecule has 2 atom stereocenters. The molecule has 1 fully saturated rings. The normalized spacial score (nSPS) is 18.5. The molecule has 4 rings (SSSR count). The SMILES string of the molecule is COc1cc(CN2C[C@@H](CO)O[C@@H](n3cnc4c(NCCCO)ncnc43)C2)cc(OC)c1OC. The highest BCUT2D eigenvalue weighted by Crippen LogP contribution is 2.39. The van der Waals surface area contributed by atoms with Crippen LogP contribution in [0.15, 0.2) is 24.8 Å². The molecule has 12 nitrogen and oxygen atoms in total. The Bertz CT molecular complexity index is 1100. The second-order valence-electron chi connectivity index (χ2n) is 8.17. The van der Waals surface area contributed by atoms with Gasteiger partial charge >= 0.3 is 0 Å². The number of aliphatic hydroxyl groups is 2. The van der Waals surface area contributed by atoms with Gasteiger partial charge in [-0.25, -0.2) is 15.0 Å². The molecule has 1 aliphatic heterocycles. The zero-order valence-electron chi connectivity index (χ0n) is 20.2. The van der Waals surface area contributed by atoms with Gasteiger partial charge in [0.15, 0.2) is 28.5 Å². The Morgan fingerprint density at radius 3 is 2.49 bits per heavy atom. The van der Waals surface area contributed by atoms with Gasteiger partial charge in [-0.2, -0.15) is 0 Å². The van der Waals surface area contributed by atoms with Crippen LogP contribution in [0.1, 0.15) is 18.2 Å². The molecule has 0 unspecified atom stereocenters. The standard InChI is InChI=1S/C23H32N6O6/c1-32-17-7-15(8-18(33-2)21(17)34-3)9-28-10-16(12-31)35-19(11-28)29-14-27-20-22(24-5-4-6-30)25-13-26-23(20)29/h7-8,13-14,16,19,30-31H,4-6,9-12H2,1-3H3,(H,24,25,26)/t16-,19+/m0/s1. The molecule has 0 spiro atoms. The monoisotopic (exact) mass is 488 g/mol. The van der Waals surface area contributed by atoms with Crippen LogP contribution < -0.4 is 19.5 Å². The van der Waals surface area contributed by atoms with Crippen molar-refractivity contribution < 1.29 is 29.2 Å². The third-order valence-electron chi connectivity index (χ3n) is 5.86. The first kappa shape index (κ1) is 24.9. The maximum absolute atomic E-state index is 9.91. The number of benzene rings is 1.